The Bertz CT molecular complexity index is 96.5. The summed E-state index contributed by atoms with van der Waals surface area (Å²) in [5.74, 6) is -2.95. The topological polar surface area (TPSA) is 0 Å². The van der Waals surface area contributed by atoms with Gasteiger partial charge in [0.05, 0.1) is 6.33 Å². The summed E-state index contributed by atoms with van der Waals surface area (Å²) in [5, 5.41) is 0. The van der Waals surface area contributed by atoms with Crippen LogP contribution in [0.25, 0.3) is 0 Å². The zero-order valence-electron chi connectivity index (χ0n) is 5.20. The van der Waals surface area contributed by atoms with Crippen molar-refractivity contribution in [2.24, 2.45) is 0 Å². The molecule has 0 heterocycles. The van der Waals surface area contributed by atoms with Crippen LogP contribution >= 0.6 is 0 Å². The Kier molecular flexibility index (Phi) is 3.35. The molecule has 0 saturated heterocycles. The van der Waals surface area contributed by atoms with Crippen LogP contribution in [0.4, 0.5) is 13.2 Å². The number of hydrogen-bond donors (Lipinski definition) is 0. The van der Waals surface area contributed by atoms with Crippen LogP contribution < -0.4 is 0 Å². The van der Waals surface area contributed by atoms with Crippen molar-refractivity contribution in [3.63, 3.8) is 0 Å². The molecule has 3 heteroatoms. The van der Waals surface area contributed by atoms with Crippen molar-refractivity contribution in [3.8, 4) is 0 Å². The van der Waals surface area contributed by atoms with Crippen LogP contribution in [-0.4, -0.2) is 5.92 Å². The molecule has 0 amide bonds. The average Bonchev–Trinajstić information content (AvgIpc) is 1.64. The first-order valence-electron chi connectivity index (χ1n) is 2.78. The lowest BCUT2D eigenvalue weighted by Gasteiger charge is -2.07. The third-order valence-corrected chi connectivity index (χ3v) is 0.890. The molecule has 0 aromatic heterocycles. The first-order chi connectivity index (χ1) is 4.12. The number of hydrogen-bond acceptors (Lipinski definition) is 0. The van der Waals surface area contributed by atoms with Gasteiger partial charge in [-0.1, -0.05) is 13.3 Å². The SMILES string of the molecule is CCCC(F)(F)/C=C/F. The second-order valence-corrected chi connectivity index (χ2v) is 1.80. The summed E-state index contributed by atoms with van der Waals surface area (Å²) in [6, 6.07) is 0. The first-order valence-corrected chi connectivity index (χ1v) is 2.78. The van der Waals surface area contributed by atoms with Gasteiger partial charge in [0.25, 0.3) is 5.92 Å². The van der Waals surface area contributed by atoms with Gasteiger partial charge in [0.1, 0.15) is 0 Å². The molecule has 0 bridgehead atoms. The summed E-state index contributed by atoms with van der Waals surface area (Å²) in [5.41, 5.74) is 0. The molecule has 0 N–H and O–H groups in total. The summed E-state index contributed by atoms with van der Waals surface area (Å²) in [6.07, 6.45) is 0.233. The Morgan fingerprint density at radius 2 is 2.00 bits per heavy atom. The van der Waals surface area contributed by atoms with Crippen LogP contribution in [0.15, 0.2) is 12.4 Å². The summed E-state index contributed by atoms with van der Waals surface area (Å²) in [7, 11) is 0. The van der Waals surface area contributed by atoms with Crippen molar-refractivity contribution in [2.45, 2.75) is 25.7 Å². The highest BCUT2D eigenvalue weighted by molar-refractivity contribution is 4.89. The Hall–Kier alpha value is -0.470. The second kappa shape index (κ2) is 3.54. The van der Waals surface area contributed by atoms with E-state index in [0.717, 1.165) is 0 Å². The van der Waals surface area contributed by atoms with E-state index in [1.807, 2.05) is 0 Å². The van der Waals surface area contributed by atoms with Crippen molar-refractivity contribution in [3.05, 3.63) is 12.4 Å². The van der Waals surface area contributed by atoms with Gasteiger partial charge >= 0.3 is 0 Å². The molecule has 0 radical (unpaired) electrons. The first kappa shape index (κ1) is 8.53. The van der Waals surface area contributed by atoms with Gasteiger partial charge in [-0.05, 0) is 0 Å². The van der Waals surface area contributed by atoms with Gasteiger partial charge in [-0.2, -0.15) is 0 Å². The minimum Gasteiger partial charge on any atom is -0.216 e. The molecule has 0 atom stereocenters. The van der Waals surface area contributed by atoms with Crippen LogP contribution in [0.5, 0.6) is 0 Å². The molecular weight excluding hydrogens is 129 g/mol. The Morgan fingerprint density at radius 3 is 2.33 bits per heavy atom. The lowest BCUT2D eigenvalue weighted by atomic mass is 10.2. The lowest BCUT2D eigenvalue weighted by molar-refractivity contribution is 0.0438. The Labute approximate surface area is 52.4 Å². The van der Waals surface area contributed by atoms with E-state index in [2.05, 4.69) is 0 Å². The second-order valence-electron chi connectivity index (χ2n) is 1.80. The zero-order valence-corrected chi connectivity index (χ0v) is 5.20. The summed E-state index contributed by atoms with van der Waals surface area (Å²) in [4.78, 5) is 0. The maximum atomic E-state index is 12.1. The Morgan fingerprint density at radius 1 is 1.44 bits per heavy atom. The molecular formula is C6H9F3. The number of rotatable bonds is 3. The molecule has 0 aromatic carbocycles. The van der Waals surface area contributed by atoms with E-state index in [9.17, 15) is 13.2 Å². The van der Waals surface area contributed by atoms with Crippen LogP contribution in [-0.2, 0) is 0 Å². The van der Waals surface area contributed by atoms with Crippen molar-refractivity contribution in [1.29, 1.82) is 0 Å². The third-order valence-electron chi connectivity index (χ3n) is 0.890. The summed E-state index contributed by atoms with van der Waals surface area (Å²) >= 11 is 0. The van der Waals surface area contributed by atoms with Crippen molar-refractivity contribution in [1.82, 2.24) is 0 Å². The van der Waals surface area contributed by atoms with Gasteiger partial charge in [-0.25, -0.2) is 13.2 Å². The quantitative estimate of drug-likeness (QED) is 0.562. The molecule has 9 heavy (non-hydrogen) atoms. The number of alkyl halides is 2. The molecule has 0 aromatic rings. The molecule has 0 aliphatic rings. The highest BCUT2D eigenvalue weighted by Gasteiger charge is 2.22. The molecule has 0 spiro atoms. The molecule has 0 unspecified atom stereocenters. The summed E-state index contributed by atoms with van der Waals surface area (Å²) in [6.45, 7) is 1.62. The number of halogens is 3. The van der Waals surface area contributed by atoms with E-state index >= 15 is 0 Å². The monoisotopic (exact) mass is 138 g/mol. The lowest BCUT2D eigenvalue weighted by Crippen LogP contribution is -2.10. The molecule has 0 rings (SSSR count). The van der Waals surface area contributed by atoms with E-state index in [0.29, 0.717) is 6.42 Å². The van der Waals surface area contributed by atoms with Gasteiger partial charge in [0, 0.05) is 12.5 Å². The fraction of sp³-hybridized carbons (Fsp3) is 0.667. The van der Waals surface area contributed by atoms with Crippen molar-refractivity contribution >= 4 is 0 Å². The van der Waals surface area contributed by atoms with E-state index in [-0.39, 0.29) is 18.8 Å². The Balaban J connectivity index is 3.70. The van der Waals surface area contributed by atoms with Crippen LogP contribution in [0.3, 0.4) is 0 Å². The van der Waals surface area contributed by atoms with Crippen LogP contribution in [0.1, 0.15) is 19.8 Å². The summed E-state index contributed by atoms with van der Waals surface area (Å²) < 4.78 is 35.3. The maximum Gasteiger partial charge on any atom is 0.268 e. The van der Waals surface area contributed by atoms with Gasteiger partial charge < -0.3 is 0 Å². The highest BCUT2D eigenvalue weighted by atomic mass is 19.3. The van der Waals surface area contributed by atoms with Crippen LogP contribution in [0, 0.1) is 0 Å². The molecule has 0 saturated carbocycles. The molecule has 0 aliphatic heterocycles. The van der Waals surface area contributed by atoms with E-state index in [1.165, 1.54) is 0 Å². The fourth-order valence-corrected chi connectivity index (χ4v) is 0.509. The smallest absolute Gasteiger partial charge is 0.216 e. The van der Waals surface area contributed by atoms with Gasteiger partial charge in [-0.3, -0.25) is 0 Å². The zero-order chi connectivity index (χ0) is 7.33. The molecule has 0 aliphatic carbocycles. The molecule has 0 nitrogen and oxygen atoms in total. The van der Waals surface area contributed by atoms with Gasteiger partial charge in [0.2, 0.25) is 0 Å². The minimum atomic E-state index is -2.95. The van der Waals surface area contributed by atoms with Crippen molar-refractivity contribution < 1.29 is 13.2 Å². The van der Waals surface area contributed by atoms with E-state index in [4.69, 9.17) is 0 Å². The van der Waals surface area contributed by atoms with Crippen molar-refractivity contribution in [2.75, 3.05) is 0 Å². The van der Waals surface area contributed by atoms with Gasteiger partial charge in [-0.15, -0.1) is 0 Å². The third kappa shape index (κ3) is 4.06. The minimum absolute atomic E-state index is 0.115. The standard InChI is InChI=1S/C6H9F3/c1-2-3-6(8,9)4-5-7/h4-5H,2-3H2,1H3/b5-4+. The predicted octanol–water partition coefficient (Wildman–Crippen LogP) is 2.91. The maximum absolute atomic E-state index is 12.1. The van der Waals surface area contributed by atoms with Crippen LogP contribution in [0.2, 0.25) is 0 Å². The highest BCUT2D eigenvalue weighted by Crippen LogP contribution is 2.21. The fourth-order valence-electron chi connectivity index (χ4n) is 0.509. The van der Waals surface area contributed by atoms with Gasteiger partial charge in [0.15, 0.2) is 0 Å². The van der Waals surface area contributed by atoms with E-state index in [1.54, 1.807) is 6.92 Å². The van der Waals surface area contributed by atoms with E-state index < -0.39 is 5.92 Å². The largest absolute Gasteiger partial charge is 0.268 e. The average molecular weight is 138 g/mol. The normalized spacial score (nSPS) is 12.9. The molecule has 54 valence electrons. The molecule has 0 fully saturated rings. The predicted molar refractivity (Wildman–Crippen MR) is 30.1 cm³/mol. The number of allylic oxidation sites excluding steroid dienone is 1.